The molecule has 1 aromatic heterocycles. The molecule has 0 radical (unpaired) electrons. The molecule has 0 aliphatic rings. The third-order valence-corrected chi connectivity index (χ3v) is 5.04. The summed E-state index contributed by atoms with van der Waals surface area (Å²) in [5.74, 6) is 1.13. The summed E-state index contributed by atoms with van der Waals surface area (Å²) in [7, 11) is 0. The lowest BCUT2D eigenvalue weighted by Gasteiger charge is -2.05. The van der Waals surface area contributed by atoms with Crippen LogP contribution >= 0.6 is 27.7 Å². The van der Waals surface area contributed by atoms with Crippen LogP contribution in [0.3, 0.4) is 0 Å². The van der Waals surface area contributed by atoms with E-state index in [0.29, 0.717) is 18.2 Å². The number of carbonyl (C=O) groups is 1. The van der Waals surface area contributed by atoms with Gasteiger partial charge in [0.05, 0.1) is 10.2 Å². The van der Waals surface area contributed by atoms with Crippen LogP contribution in [0, 0.1) is 0 Å². The summed E-state index contributed by atoms with van der Waals surface area (Å²) >= 11 is 5.24. The maximum Gasteiger partial charge on any atom is 0.272 e. The van der Waals surface area contributed by atoms with Crippen LogP contribution in [0.2, 0.25) is 0 Å². The van der Waals surface area contributed by atoms with E-state index in [1.807, 2.05) is 18.2 Å². The van der Waals surface area contributed by atoms with Crippen molar-refractivity contribution >= 4 is 33.6 Å². The van der Waals surface area contributed by atoms with E-state index >= 15 is 0 Å². The Kier molecular flexibility index (Phi) is 6.51. The highest BCUT2D eigenvalue weighted by molar-refractivity contribution is 9.10. The van der Waals surface area contributed by atoms with Gasteiger partial charge in [-0.05, 0) is 46.2 Å². The van der Waals surface area contributed by atoms with Crippen LogP contribution in [-0.2, 0) is 0 Å². The topological polar surface area (TPSA) is 57.8 Å². The third-order valence-electron chi connectivity index (χ3n) is 3.14. The molecule has 6 heteroatoms. The fraction of sp³-hybridized carbons (Fsp3) is 0.375. The van der Waals surface area contributed by atoms with Crippen molar-refractivity contribution in [2.24, 2.45) is 0 Å². The Labute approximate surface area is 143 Å². The van der Waals surface area contributed by atoms with Gasteiger partial charge in [-0.1, -0.05) is 32.0 Å². The molecular weight excluding hydrogens is 362 g/mol. The van der Waals surface area contributed by atoms with Crippen molar-refractivity contribution in [3.63, 3.8) is 0 Å². The van der Waals surface area contributed by atoms with E-state index in [1.165, 1.54) is 4.90 Å². The molecule has 0 bridgehead atoms. The van der Waals surface area contributed by atoms with E-state index in [4.69, 9.17) is 0 Å². The van der Waals surface area contributed by atoms with Gasteiger partial charge in [0.25, 0.3) is 5.91 Å². The Bertz CT molecular complexity index is 613. The van der Waals surface area contributed by atoms with Gasteiger partial charge in [0, 0.05) is 11.4 Å². The zero-order valence-corrected chi connectivity index (χ0v) is 15.1. The molecule has 0 spiro atoms. The Morgan fingerprint density at radius 2 is 2.09 bits per heavy atom. The van der Waals surface area contributed by atoms with Gasteiger partial charge in [0.2, 0.25) is 0 Å². The molecule has 1 heterocycles. The zero-order valence-electron chi connectivity index (χ0n) is 12.7. The zero-order chi connectivity index (χ0) is 15.9. The van der Waals surface area contributed by atoms with Gasteiger partial charge in [-0.15, -0.1) is 11.8 Å². The molecule has 118 valence electrons. The molecule has 0 unspecified atom stereocenters. The highest BCUT2D eigenvalue weighted by atomic mass is 79.9. The summed E-state index contributed by atoms with van der Waals surface area (Å²) in [6, 6.07) is 10.3. The number of hydrogen-bond donors (Lipinski definition) is 2. The smallest absolute Gasteiger partial charge is 0.272 e. The number of rotatable bonds is 7. The lowest BCUT2D eigenvalue weighted by molar-refractivity contribution is 0.0948. The Morgan fingerprint density at radius 3 is 2.73 bits per heavy atom. The first-order valence-electron chi connectivity index (χ1n) is 7.29. The van der Waals surface area contributed by atoms with Gasteiger partial charge >= 0.3 is 0 Å². The minimum atomic E-state index is -0.139. The van der Waals surface area contributed by atoms with Crippen molar-refractivity contribution in [3.05, 3.63) is 46.2 Å². The van der Waals surface area contributed by atoms with Crippen molar-refractivity contribution in [2.75, 3.05) is 12.3 Å². The number of amides is 1. The fourth-order valence-corrected chi connectivity index (χ4v) is 3.63. The second-order valence-electron chi connectivity index (χ2n) is 5.23. The molecule has 0 fully saturated rings. The summed E-state index contributed by atoms with van der Waals surface area (Å²) < 4.78 is 0.763. The van der Waals surface area contributed by atoms with E-state index in [1.54, 1.807) is 11.8 Å². The number of aromatic nitrogens is 2. The largest absolute Gasteiger partial charge is 0.351 e. The molecule has 0 saturated heterocycles. The predicted octanol–water partition coefficient (Wildman–Crippen LogP) is 4.21. The van der Waals surface area contributed by atoms with Crippen molar-refractivity contribution in [2.45, 2.75) is 31.1 Å². The van der Waals surface area contributed by atoms with Crippen LogP contribution in [-0.4, -0.2) is 28.4 Å². The van der Waals surface area contributed by atoms with Gasteiger partial charge in [-0.25, -0.2) is 0 Å². The maximum atomic E-state index is 12.1. The molecule has 2 N–H and O–H groups in total. The fourth-order valence-electron chi connectivity index (χ4n) is 1.94. The first-order chi connectivity index (χ1) is 10.6. The van der Waals surface area contributed by atoms with Crippen LogP contribution < -0.4 is 5.32 Å². The van der Waals surface area contributed by atoms with Gasteiger partial charge in [-0.2, -0.15) is 5.10 Å². The standard InChI is InChI=1S/C16H20BrN3OS/c1-11(2)14-13(17)15(20-19-14)16(21)18-9-6-10-22-12-7-4-3-5-8-12/h3-5,7-8,11H,6,9-10H2,1-2H3,(H,18,21)(H,19,20). The van der Waals surface area contributed by atoms with Crippen LogP contribution in [0.1, 0.15) is 42.4 Å². The molecule has 2 aromatic rings. The number of nitrogens with zero attached hydrogens (tertiary/aromatic N) is 1. The third kappa shape index (κ3) is 4.61. The first kappa shape index (κ1) is 17.1. The molecule has 1 aromatic carbocycles. The minimum absolute atomic E-state index is 0.139. The average molecular weight is 382 g/mol. The molecule has 2 rings (SSSR count). The normalized spacial score (nSPS) is 10.9. The second-order valence-corrected chi connectivity index (χ2v) is 7.19. The number of H-pyrrole nitrogens is 1. The number of aromatic amines is 1. The van der Waals surface area contributed by atoms with E-state index in [2.05, 4.69) is 57.4 Å². The molecule has 0 aliphatic heterocycles. The summed E-state index contributed by atoms with van der Waals surface area (Å²) in [6.07, 6.45) is 0.921. The maximum absolute atomic E-state index is 12.1. The van der Waals surface area contributed by atoms with E-state index in [-0.39, 0.29) is 5.91 Å². The lowest BCUT2D eigenvalue weighted by Crippen LogP contribution is -2.25. The first-order valence-corrected chi connectivity index (χ1v) is 9.07. The van der Waals surface area contributed by atoms with Crippen molar-refractivity contribution in [1.82, 2.24) is 15.5 Å². The number of thioether (sulfide) groups is 1. The minimum Gasteiger partial charge on any atom is -0.351 e. The SMILES string of the molecule is CC(C)c1[nH]nc(C(=O)NCCCSc2ccccc2)c1Br. The molecular formula is C16H20BrN3OS. The monoisotopic (exact) mass is 381 g/mol. The molecule has 22 heavy (non-hydrogen) atoms. The van der Waals surface area contributed by atoms with Crippen molar-refractivity contribution in [1.29, 1.82) is 0 Å². The Hall–Kier alpha value is -1.27. The van der Waals surface area contributed by atoms with Crippen molar-refractivity contribution < 1.29 is 4.79 Å². The van der Waals surface area contributed by atoms with Gasteiger partial charge in [0.1, 0.15) is 0 Å². The van der Waals surface area contributed by atoms with Gasteiger partial charge < -0.3 is 5.32 Å². The molecule has 0 atom stereocenters. The van der Waals surface area contributed by atoms with Gasteiger partial charge in [0.15, 0.2) is 5.69 Å². The predicted molar refractivity (Wildman–Crippen MR) is 94.5 cm³/mol. The Morgan fingerprint density at radius 1 is 1.36 bits per heavy atom. The van der Waals surface area contributed by atoms with Crippen LogP contribution in [0.4, 0.5) is 0 Å². The number of benzene rings is 1. The highest BCUT2D eigenvalue weighted by Gasteiger charge is 2.18. The van der Waals surface area contributed by atoms with E-state index in [9.17, 15) is 4.79 Å². The molecule has 4 nitrogen and oxygen atoms in total. The summed E-state index contributed by atoms with van der Waals surface area (Å²) in [6.45, 7) is 4.76. The molecule has 0 aliphatic carbocycles. The molecule has 1 amide bonds. The average Bonchev–Trinajstić information content (AvgIpc) is 2.89. The molecule has 0 saturated carbocycles. The number of nitrogens with one attached hydrogen (secondary N) is 2. The number of carbonyl (C=O) groups excluding carboxylic acids is 1. The number of halogens is 1. The summed E-state index contributed by atoms with van der Waals surface area (Å²) in [4.78, 5) is 13.4. The van der Waals surface area contributed by atoms with Crippen LogP contribution in [0.5, 0.6) is 0 Å². The lowest BCUT2D eigenvalue weighted by atomic mass is 10.1. The van der Waals surface area contributed by atoms with Gasteiger partial charge in [-0.3, -0.25) is 9.89 Å². The van der Waals surface area contributed by atoms with Crippen molar-refractivity contribution in [3.8, 4) is 0 Å². The quantitative estimate of drug-likeness (QED) is 0.557. The van der Waals surface area contributed by atoms with Crippen LogP contribution in [0.25, 0.3) is 0 Å². The van der Waals surface area contributed by atoms with E-state index < -0.39 is 0 Å². The Balaban J connectivity index is 1.74. The summed E-state index contributed by atoms with van der Waals surface area (Å²) in [5, 5.41) is 9.92. The van der Waals surface area contributed by atoms with Crippen LogP contribution in [0.15, 0.2) is 39.7 Å². The second kappa shape index (κ2) is 8.39. The van der Waals surface area contributed by atoms with E-state index in [0.717, 1.165) is 22.3 Å². The number of hydrogen-bond acceptors (Lipinski definition) is 3. The highest BCUT2D eigenvalue weighted by Crippen LogP contribution is 2.25. The summed E-state index contributed by atoms with van der Waals surface area (Å²) in [5.41, 5.74) is 1.38.